The van der Waals surface area contributed by atoms with Crippen molar-refractivity contribution in [2.45, 2.75) is 13.8 Å². The van der Waals surface area contributed by atoms with Gasteiger partial charge >= 0.3 is 0 Å². The van der Waals surface area contributed by atoms with E-state index in [1.165, 1.54) is 0 Å². The van der Waals surface area contributed by atoms with Gasteiger partial charge in [0, 0.05) is 21.6 Å². The molecule has 1 amide bonds. The first-order valence-corrected chi connectivity index (χ1v) is 7.26. The second kappa shape index (κ2) is 5.33. The summed E-state index contributed by atoms with van der Waals surface area (Å²) in [5, 5.41) is 3.68. The van der Waals surface area contributed by atoms with Gasteiger partial charge in [0.1, 0.15) is 11.4 Å². The molecule has 2 heterocycles. The summed E-state index contributed by atoms with van der Waals surface area (Å²) in [6.07, 6.45) is 1.66. The van der Waals surface area contributed by atoms with E-state index in [1.807, 2.05) is 44.2 Å². The van der Waals surface area contributed by atoms with Crippen molar-refractivity contribution in [3.8, 4) is 0 Å². The molecule has 0 bridgehead atoms. The average Bonchev–Trinajstić information content (AvgIpc) is 2.76. The number of hydrogen-bond donors (Lipinski definition) is 1. The third kappa shape index (κ3) is 2.69. The number of nitrogens with one attached hydrogen (secondary N) is 1. The van der Waals surface area contributed by atoms with Gasteiger partial charge in [0.2, 0.25) is 0 Å². The zero-order chi connectivity index (χ0) is 15.0. The van der Waals surface area contributed by atoms with Crippen molar-refractivity contribution in [3.63, 3.8) is 0 Å². The topological polar surface area (TPSA) is 55.1 Å². The summed E-state index contributed by atoms with van der Waals surface area (Å²) in [5.41, 5.74) is 2.54. The Balaban J connectivity index is 1.96. The summed E-state index contributed by atoms with van der Waals surface area (Å²) in [6, 6.07) is 9.35. The normalized spacial score (nSPS) is 10.8. The monoisotopic (exact) mass is 344 g/mol. The van der Waals surface area contributed by atoms with Crippen LogP contribution in [-0.2, 0) is 0 Å². The van der Waals surface area contributed by atoms with Gasteiger partial charge in [-0.15, -0.1) is 0 Å². The summed E-state index contributed by atoms with van der Waals surface area (Å²) in [5.74, 6) is 0.533. The molecule has 0 spiro atoms. The van der Waals surface area contributed by atoms with E-state index < -0.39 is 0 Å². The van der Waals surface area contributed by atoms with Crippen molar-refractivity contribution in [1.82, 2.24) is 4.98 Å². The number of carbonyl (C=O) groups excluding carboxylic acids is 1. The molecule has 4 nitrogen and oxygen atoms in total. The van der Waals surface area contributed by atoms with Crippen LogP contribution in [0, 0.1) is 13.8 Å². The van der Waals surface area contributed by atoms with E-state index in [9.17, 15) is 4.79 Å². The van der Waals surface area contributed by atoms with E-state index in [-0.39, 0.29) is 5.91 Å². The zero-order valence-electron chi connectivity index (χ0n) is 11.6. The molecule has 0 aliphatic carbocycles. The second-order valence-corrected chi connectivity index (χ2v) is 5.78. The number of nitrogens with zero attached hydrogens (tertiary/aromatic N) is 1. The number of aromatic nitrogens is 1. The van der Waals surface area contributed by atoms with Crippen molar-refractivity contribution >= 4 is 38.6 Å². The minimum absolute atomic E-state index is 0.294. The molecule has 3 aromatic rings. The Bertz CT molecular complexity index is 839. The third-order valence-corrected chi connectivity index (χ3v) is 3.75. The summed E-state index contributed by atoms with van der Waals surface area (Å²) in [7, 11) is 0. The number of pyridine rings is 1. The SMILES string of the molecule is Cc1ccnc(NC(=O)c2oc3ccc(Br)cc3c2C)c1. The predicted molar refractivity (Wildman–Crippen MR) is 85.6 cm³/mol. The molecule has 5 heteroatoms. The minimum Gasteiger partial charge on any atom is -0.451 e. The van der Waals surface area contributed by atoms with Crippen molar-refractivity contribution < 1.29 is 9.21 Å². The van der Waals surface area contributed by atoms with Gasteiger partial charge in [-0.2, -0.15) is 0 Å². The average molecular weight is 345 g/mol. The lowest BCUT2D eigenvalue weighted by Crippen LogP contribution is -2.13. The Morgan fingerprint density at radius 1 is 1.24 bits per heavy atom. The molecule has 2 aromatic heterocycles. The number of amides is 1. The third-order valence-electron chi connectivity index (χ3n) is 3.26. The molecular weight excluding hydrogens is 332 g/mol. The maximum absolute atomic E-state index is 12.3. The van der Waals surface area contributed by atoms with Crippen LogP contribution in [0.15, 0.2) is 45.4 Å². The Hall–Kier alpha value is -2.14. The highest BCUT2D eigenvalue weighted by atomic mass is 79.9. The summed E-state index contributed by atoms with van der Waals surface area (Å²) >= 11 is 3.42. The van der Waals surface area contributed by atoms with Gasteiger partial charge < -0.3 is 9.73 Å². The lowest BCUT2D eigenvalue weighted by Gasteiger charge is -2.03. The summed E-state index contributed by atoms with van der Waals surface area (Å²) in [4.78, 5) is 16.5. The molecule has 0 aliphatic rings. The largest absolute Gasteiger partial charge is 0.451 e. The van der Waals surface area contributed by atoms with Crippen LogP contribution in [0.25, 0.3) is 11.0 Å². The molecule has 21 heavy (non-hydrogen) atoms. The minimum atomic E-state index is -0.294. The van der Waals surface area contributed by atoms with Gasteiger partial charge in [-0.25, -0.2) is 4.98 Å². The van der Waals surface area contributed by atoms with Crippen molar-refractivity contribution in [2.75, 3.05) is 5.32 Å². The van der Waals surface area contributed by atoms with Gasteiger partial charge in [-0.05, 0) is 49.7 Å². The number of carbonyl (C=O) groups is 1. The molecule has 1 N–H and O–H groups in total. The van der Waals surface area contributed by atoms with Crippen LogP contribution in [-0.4, -0.2) is 10.9 Å². The predicted octanol–water partition coefficient (Wildman–Crippen LogP) is 4.46. The van der Waals surface area contributed by atoms with Crippen LogP contribution in [0.2, 0.25) is 0 Å². The highest BCUT2D eigenvalue weighted by molar-refractivity contribution is 9.10. The van der Waals surface area contributed by atoms with Crippen LogP contribution in [0.3, 0.4) is 0 Å². The molecule has 1 aromatic carbocycles. The lowest BCUT2D eigenvalue weighted by molar-refractivity contribution is 0.0997. The summed E-state index contributed by atoms with van der Waals surface area (Å²) in [6.45, 7) is 3.82. The molecule has 0 unspecified atom stereocenters. The maximum Gasteiger partial charge on any atom is 0.292 e. The van der Waals surface area contributed by atoms with Crippen LogP contribution < -0.4 is 5.32 Å². The van der Waals surface area contributed by atoms with Crippen LogP contribution >= 0.6 is 15.9 Å². The van der Waals surface area contributed by atoms with E-state index in [1.54, 1.807) is 6.20 Å². The number of fused-ring (bicyclic) bond motifs is 1. The van der Waals surface area contributed by atoms with Crippen molar-refractivity contribution in [1.29, 1.82) is 0 Å². The number of anilines is 1. The number of rotatable bonds is 2. The van der Waals surface area contributed by atoms with E-state index in [0.29, 0.717) is 17.2 Å². The fourth-order valence-corrected chi connectivity index (χ4v) is 2.55. The molecule has 106 valence electrons. The Labute approximate surface area is 130 Å². The number of hydrogen-bond acceptors (Lipinski definition) is 3. The van der Waals surface area contributed by atoms with Gasteiger partial charge in [-0.1, -0.05) is 15.9 Å². The molecule has 0 saturated heterocycles. The first-order valence-electron chi connectivity index (χ1n) is 6.47. The molecule has 0 aliphatic heterocycles. The highest BCUT2D eigenvalue weighted by Crippen LogP contribution is 2.28. The Morgan fingerprint density at radius 2 is 2.05 bits per heavy atom. The first-order chi connectivity index (χ1) is 10.0. The number of furan rings is 1. The molecule has 3 rings (SSSR count). The fraction of sp³-hybridized carbons (Fsp3) is 0.125. The molecule has 0 atom stereocenters. The van der Waals surface area contributed by atoms with E-state index >= 15 is 0 Å². The Morgan fingerprint density at radius 3 is 2.81 bits per heavy atom. The second-order valence-electron chi connectivity index (χ2n) is 4.87. The van der Waals surface area contributed by atoms with Crippen LogP contribution in [0.5, 0.6) is 0 Å². The van der Waals surface area contributed by atoms with E-state index in [0.717, 1.165) is 21.0 Å². The van der Waals surface area contributed by atoms with Crippen LogP contribution in [0.4, 0.5) is 5.82 Å². The van der Waals surface area contributed by atoms with E-state index in [4.69, 9.17) is 4.42 Å². The lowest BCUT2D eigenvalue weighted by atomic mass is 10.1. The zero-order valence-corrected chi connectivity index (χ0v) is 13.2. The number of halogens is 1. The molecule has 0 saturated carbocycles. The molecular formula is C16H13BrN2O2. The number of benzene rings is 1. The quantitative estimate of drug-likeness (QED) is 0.746. The molecule has 0 radical (unpaired) electrons. The van der Waals surface area contributed by atoms with Gasteiger partial charge in [0.05, 0.1) is 0 Å². The maximum atomic E-state index is 12.3. The van der Waals surface area contributed by atoms with Crippen molar-refractivity contribution in [3.05, 3.63) is 57.9 Å². The van der Waals surface area contributed by atoms with E-state index in [2.05, 4.69) is 26.2 Å². The van der Waals surface area contributed by atoms with Gasteiger partial charge in [-0.3, -0.25) is 4.79 Å². The first kappa shape index (κ1) is 13.8. The van der Waals surface area contributed by atoms with Crippen molar-refractivity contribution in [2.24, 2.45) is 0 Å². The smallest absolute Gasteiger partial charge is 0.292 e. The van der Waals surface area contributed by atoms with Gasteiger partial charge in [0.15, 0.2) is 5.76 Å². The van der Waals surface area contributed by atoms with Gasteiger partial charge in [0.25, 0.3) is 5.91 Å². The standard InChI is InChI=1S/C16H13BrN2O2/c1-9-5-6-18-14(7-9)19-16(20)15-10(2)12-8-11(17)3-4-13(12)21-15/h3-8H,1-2H3,(H,18,19,20). The molecule has 0 fully saturated rings. The summed E-state index contributed by atoms with van der Waals surface area (Å²) < 4.78 is 6.61. The van der Waals surface area contributed by atoms with Crippen LogP contribution in [0.1, 0.15) is 21.7 Å². The number of aryl methyl sites for hydroxylation is 2. The fourth-order valence-electron chi connectivity index (χ4n) is 2.19. The Kier molecular flexibility index (Phi) is 3.51. The highest BCUT2D eigenvalue weighted by Gasteiger charge is 2.18.